The van der Waals surface area contributed by atoms with Crippen LogP contribution in [0.5, 0.6) is 0 Å². The summed E-state index contributed by atoms with van der Waals surface area (Å²) in [6.07, 6.45) is 2.63. The molecule has 0 aromatic heterocycles. The lowest BCUT2D eigenvalue weighted by molar-refractivity contribution is -0.121. The van der Waals surface area contributed by atoms with Crippen molar-refractivity contribution in [2.75, 3.05) is 25.2 Å². The van der Waals surface area contributed by atoms with E-state index >= 15 is 0 Å². The smallest absolute Gasteiger partial charge is 0.221 e. The number of hydrogen-bond donors (Lipinski definition) is 2. The lowest BCUT2D eigenvalue weighted by atomic mass is 9.83. The molecule has 0 bridgehead atoms. The molecule has 0 rings (SSSR count). The number of carbonyl (C=O) groups is 1. The quantitative estimate of drug-likeness (QED) is 0.663. The Morgan fingerprint density at radius 3 is 2.18 bits per heavy atom. The molecule has 1 amide bonds. The first-order chi connectivity index (χ1) is 7.78. The Hall–Kier alpha value is -0.620. The van der Waals surface area contributed by atoms with Crippen LogP contribution in [0.15, 0.2) is 0 Å². The first kappa shape index (κ1) is 16.4. The zero-order valence-electron chi connectivity index (χ0n) is 10.8. The van der Waals surface area contributed by atoms with Gasteiger partial charge >= 0.3 is 0 Å². The normalized spacial score (nSPS) is 12.5. The molecule has 6 heteroatoms. The molecule has 0 aromatic carbocycles. The summed E-state index contributed by atoms with van der Waals surface area (Å²) in [5.74, 6) is -0.418. The first-order valence-corrected chi connectivity index (χ1v) is 7.90. The van der Waals surface area contributed by atoms with E-state index in [0.717, 1.165) is 19.1 Å². The Balaban J connectivity index is 4.14. The summed E-state index contributed by atoms with van der Waals surface area (Å²) in [4.78, 5) is 11.4. The van der Waals surface area contributed by atoms with E-state index in [1.54, 1.807) is 0 Å². The monoisotopic (exact) mass is 265 g/mol. The predicted molar refractivity (Wildman–Crippen MR) is 67.4 cm³/mol. The van der Waals surface area contributed by atoms with Gasteiger partial charge in [0.15, 0.2) is 0 Å². The minimum Gasteiger partial charge on any atom is -0.396 e. The second kappa shape index (κ2) is 6.96. The van der Waals surface area contributed by atoms with E-state index in [0.29, 0.717) is 6.54 Å². The van der Waals surface area contributed by atoms with Crippen LogP contribution >= 0.6 is 0 Å². The Kier molecular flexibility index (Phi) is 6.70. The molecule has 2 N–H and O–H groups in total. The van der Waals surface area contributed by atoms with Crippen molar-refractivity contribution in [2.45, 2.75) is 33.1 Å². The maximum Gasteiger partial charge on any atom is 0.221 e. The van der Waals surface area contributed by atoms with Gasteiger partial charge in [0.2, 0.25) is 5.91 Å². The fourth-order valence-corrected chi connectivity index (χ4v) is 1.99. The number of nitrogens with one attached hydrogen (secondary N) is 1. The second-order valence-electron chi connectivity index (χ2n) is 4.52. The SMILES string of the molecule is CCC(CC)(CO)CNC(=O)CCS(C)(=O)=O. The van der Waals surface area contributed by atoms with E-state index in [1.807, 2.05) is 13.8 Å². The summed E-state index contributed by atoms with van der Waals surface area (Å²) in [5.41, 5.74) is -0.291. The molecule has 0 saturated heterocycles. The van der Waals surface area contributed by atoms with Crippen LogP contribution < -0.4 is 5.32 Å². The third kappa shape index (κ3) is 6.63. The molecule has 0 unspecified atom stereocenters. The Labute approximate surface area is 104 Å². The molecule has 0 heterocycles. The molecule has 0 aliphatic carbocycles. The van der Waals surface area contributed by atoms with Crippen molar-refractivity contribution in [1.29, 1.82) is 0 Å². The molecule has 0 aliphatic heterocycles. The number of rotatable bonds is 8. The first-order valence-electron chi connectivity index (χ1n) is 5.84. The number of carbonyl (C=O) groups excluding carboxylic acids is 1. The summed E-state index contributed by atoms with van der Waals surface area (Å²) < 4.78 is 21.8. The van der Waals surface area contributed by atoms with E-state index < -0.39 is 9.84 Å². The average Bonchev–Trinajstić information content (AvgIpc) is 2.28. The number of aliphatic hydroxyl groups is 1. The molecule has 17 heavy (non-hydrogen) atoms. The Morgan fingerprint density at radius 1 is 1.29 bits per heavy atom. The fraction of sp³-hybridized carbons (Fsp3) is 0.909. The van der Waals surface area contributed by atoms with E-state index in [2.05, 4.69) is 5.32 Å². The van der Waals surface area contributed by atoms with E-state index in [4.69, 9.17) is 0 Å². The van der Waals surface area contributed by atoms with Crippen molar-refractivity contribution >= 4 is 15.7 Å². The zero-order valence-corrected chi connectivity index (χ0v) is 11.6. The van der Waals surface area contributed by atoms with Gasteiger partial charge in [-0.15, -0.1) is 0 Å². The van der Waals surface area contributed by atoms with E-state index in [1.165, 1.54) is 0 Å². The zero-order chi connectivity index (χ0) is 13.5. The van der Waals surface area contributed by atoms with Gasteiger partial charge in [0.25, 0.3) is 0 Å². The molecule has 0 aliphatic rings. The van der Waals surface area contributed by atoms with Crippen LogP contribution in [-0.2, 0) is 14.6 Å². The van der Waals surface area contributed by atoms with Gasteiger partial charge in [-0.3, -0.25) is 4.79 Å². The standard InChI is InChI=1S/C11H23NO4S/c1-4-11(5-2,9-13)8-12-10(14)6-7-17(3,15)16/h13H,4-9H2,1-3H3,(H,12,14). The van der Waals surface area contributed by atoms with Crippen molar-refractivity contribution in [2.24, 2.45) is 5.41 Å². The Morgan fingerprint density at radius 2 is 1.82 bits per heavy atom. The topological polar surface area (TPSA) is 83.5 Å². The fourth-order valence-electron chi connectivity index (χ4n) is 1.43. The molecule has 102 valence electrons. The third-order valence-corrected chi connectivity index (χ3v) is 4.14. The van der Waals surface area contributed by atoms with Gasteiger partial charge in [0.05, 0.1) is 12.4 Å². The highest BCUT2D eigenvalue weighted by Crippen LogP contribution is 2.24. The molecule has 0 radical (unpaired) electrons. The molecule has 0 aromatic rings. The van der Waals surface area contributed by atoms with E-state index in [-0.39, 0.29) is 30.1 Å². The van der Waals surface area contributed by atoms with Gasteiger partial charge in [0, 0.05) is 24.6 Å². The van der Waals surface area contributed by atoms with Crippen LogP contribution in [0.3, 0.4) is 0 Å². The van der Waals surface area contributed by atoms with Crippen LogP contribution in [0.2, 0.25) is 0 Å². The maximum absolute atomic E-state index is 11.4. The largest absolute Gasteiger partial charge is 0.396 e. The van der Waals surface area contributed by atoms with Crippen LogP contribution in [0, 0.1) is 5.41 Å². The van der Waals surface area contributed by atoms with Crippen molar-refractivity contribution in [3.8, 4) is 0 Å². The number of aliphatic hydroxyl groups excluding tert-OH is 1. The summed E-state index contributed by atoms with van der Waals surface area (Å²) in [6.45, 7) is 4.33. The third-order valence-electron chi connectivity index (χ3n) is 3.20. The van der Waals surface area contributed by atoms with Crippen LogP contribution in [0.25, 0.3) is 0 Å². The minimum atomic E-state index is -3.10. The number of hydrogen-bond acceptors (Lipinski definition) is 4. The van der Waals surface area contributed by atoms with Gasteiger partial charge in [-0.25, -0.2) is 8.42 Å². The van der Waals surface area contributed by atoms with Crippen molar-refractivity contribution in [3.63, 3.8) is 0 Å². The lowest BCUT2D eigenvalue weighted by Crippen LogP contribution is -2.39. The van der Waals surface area contributed by atoms with Crippen LogP contribution in [-0.4, -0.2) is 44.6 Å². The number of amides is 1. The molecule has 0 saturated carbocycles. The second-order valence-corrected chi connectivity index (χ2v) is 6.78. The van der Waals surface area contributed by atoms with Gasteiger partial charge in [0.1, 0.15) is 9.84 Å². The summed E-state index contributed by atoms with van der Waals surface area (Å²) in [6, 6.07) is 0. The molecule has 0 spiro atoms. The summed E-state index contributed by atoms with van der Waals surface area (Å²) in [5, 5.41) is 12.0. The Bertz CT molecular complexity index is 325. The predicted octanol–water partition coefficient (Wildman–Crippen LogP) is 0.336. The highest BCUT2D eigenvalue weighted by Gasteiger charge is 2.25. The highest BCUT2D eigenvalue weighted by molar-refractivity contribution is 7.90. The average molecular weight is 265 g/mol. The molecule has 5 nitrogen and oxygen atoms in total. The van der Waals surface area contributed by atoms with Gasteiger partial charge in [-0.1, -0.05) is 13.8 Å². The van der Waals surface area contributed by atoms with Crippen molar-refractivity contribution in [3.05, 3.63) is 0 Å². The van der Waals surface area contributed by atoms with Crippen LogP contribution in [0.4, 0.5) is 0 Å². The van der Waals surface area contributed by atoms with Gasteiger partial charge in [-0.2, -0.15) is 0 Å². The van der Waals surface area contributed by atoms with Gasteiger partial charge in [-0.05, 0) is 12.8 Å². The summed E-state index contributed by atoms with van der Waals surface area (Å²) >= 11 is 0. The van der Waals surface area contributed by atoms with Gasteiger partial charge < -0.3 is 10.4 Å². The minimum absolute atomic E-state index is 0.0201. The highest BCUT2D eigenvalue weighted by atomic mass is 32.2. The van der Waals surface area contributed by atoms with Crippen LogP contribution in [0.1, 0.15) is 33.1 Å². The summed E-state index contributed by atoms with van der Waals surface area (Å²) in [7, 11) is -3.10. The number of sulfone groups is 1. The molecular formula is C11H23NO4S. The van der Waals surface area contributed by atoms with Crippen molar-refractivity contribution < 1.29 is 18.3 Å². The van der Waals surface area contributed by atoms with Crippen molar-refractivity contribution in [1.82, 2.24) is 5.32 Å². The molecular weight excluding hydrogens is 242 g/mol. The molecule has 0 atom stereocenters. The maximum atomic E-state index is 11.4. The molecule has 0 fully saturated rings. The van der Waals surface area contributed by atoms with E-state index in [9.17, 15) is 18.3 Å². The lowest BCUT2D eigenvalue weighted by Gasteiger charge is -2.29.